The molecule has 5 aromatic rings. The third-order valence-electron chi connectivity index (χ3n) is 5.94. The Hall–Kier alpha value is -5.43. The first-order valence-electron chi connectivity index (χ1n) is 13.2. The Kier molecular flexibility index (Phi) is 11.6. The summed E-state index contributed by atoms with van der Waals surface area (Å²) < 4.78 is 48.2. The van der Waals surface area contributed by atoms with Crippen LogP contribution in [0.1, 0.15) is 10.4 Å². The molecule has 0 bridgehead atoms. The first-order valence-corrected chi connectivity index (χ1v) is 15.8. The Morgan fingerprint density at radius 3 is 2.22 bits per heavy atom. The van der Waals surface area contributed by atoms with Crippen LogP contribution in [0.3, 0.4) is 0 Å². The van der Waals surface area contributed by atoms with Gasteiger partial charge in [0.15, 0.2) is 10.2 Å². The number of nitrogens with zero attached hydrogens (tertiary/aromatic N) is 5. The third-order valence-corrected chi connectivity index (χ3v) is 8.20. The summed E-state index contributed by atoms with van der Waals surface area (Å²) in [6.45, 7) is 0. The number of ether oxygens (including phenoxy) is 4. The first kappa shape index (κ1) is 36.4. The van der Waals surface area contributed by atoms with Crippen molar-refractivity contribution in [2.75, 3.05) is 26.6 Å². The van der Waals surface area contributed by atoms with E-state index in [1.807, 2.05) is 4.72 Å². The van der Waals surface area contributed by atoms with Crippen LogP contribution in [-0.2, 0) is 14.8 Å². The fourth-order valence-corrected chi connectivity index (χ4v) is 5.85. The summed E-state index contributed by atoms with van der Waals surface area (Å²) in [7, 11) is -0.474. The SMILES string of the molecule is COC(=O)c1cc(Oc2ccc(Cl)cc2Cl)ccc1[N+](=O)[O-].COc1cc(OC)nc(NC(=O)NS(=O)(=O)c2c(Cl)nc3ccccn23)n1. The second-order valence-corrected chi connectivity index (χ2v) is 11.9. The van der Waals surface area contributed by atoms with Gasteiger partial charge in [-0.1, -0.05) is 40.9 Å². The number of urea groups is 1. The molecule has 0 spiro atoms. The number of nitrogens with one attached hydrogen (secondary N) is 2. The molecule has 0 radical (unpaired) electrons. The van der Waals surface area contributed by atoms with Gasteiger partial charge in [-0.2, -0.15) is 18.4 Å². The zero-order valence-corrected chi connectivity index (χ0v) is 28.3. The average Bonchev–Trinajstić information content (AvgIpc) is 3.41. The van der Waals surface area contributed by atoms with Gasteiger partial charge in [-0.3, -0.25) is 19.8 Å². The maximum atomic E-state index is 12.6. The minimum Gasteiger partial charge on any atom is -0.481 e. The number of esters is 1. The third kappa shape index (κ3) is 8.93. The number of anilines is 1. The van der Waals surface area contributed by atoms with Crippen LogP contribution in [0.4, 0.5) is 16.4 Å². The van der Waals surface area contributed by atoms with Gasteiger partial charge in [-0.25, -0.2) is 19.3 Å². The Morgan fingerprint density at radius 2 is 1.61 bits per heavy atom. The number of pyridine rings is 1. The summed E-state index contributed by atoms with van der Waals surface area (Å²) in [5.41, 5.74) is -0.277. The summed E-state index contributed by atoms with van der Waals surface area (Å²) in [4.78, 5) is 45.7. The molecule has 0 aliphatic heterocycles. The van der Waals surface area contributed by atoms with Gasteiger partial charge in [0.1, 0.15) is 22.7 Å². The lowest BCUT2D eigenvalue weighted by Crippen LogP contribution is -2.35. The largest absolute Gasteiger partial charge is 0.481 e. The van der Waals surface area contributed by atoms with E-state index in [4.69, 9.17) is 49.0 Å². The van der Waals surface area contributed by atoms with Crippen molar-refractivity contribution in [1.29, 1.82) is 0 Å². The number of imidazole rings is 1. The van der Waals surface area contributed by atoms with E-state index in [1.54, 1.807) is 30.3 Å². The molecule has 3 heterocycles. The summed E-state index contributed by atoms with van der Waals surface area (Å²) in [6.07, 6.45) is 1.46. The zero-order chi connectivity index (χ0) is 35.9. The number of carbonyl (C=O) groups is 2. The van der Waals surface area contributed by atoms with E-state index in [0.717, 1.165) is 13.2 Å². The average molecular weight is 755 g/mol. The highest BCUT2D eigenvalue weighted by Gasteiger charge is 2.27. The fraction of sp³-hybridized carbons (Fsp3) is 0.107. The number of aromatic nitrogens is 4. The van der Waals surface area contributed by atoms with Crippen molar-refractivity contribution in [2.45, 2.75) is 5.03 Å². The predicted molar refractivity (Wildman–Crippen MR) is 176 cm³/mol. The van der Waals surface area contributed by atoms with Gasteiger partial charge in [0, 0.05) is 23.4 Å². The summed E-state index contributed by atoms with van der Waals surface area (Å²) in [5, 5.41) is 13.2. The number of fused-ring (bicyclic) bond motifs is 1. The number of halogens is 3. The number of nitro benzene ring substituents is 1. The molecule has 2 N–H and O–H groups in total. The number of hydrogen-bond donors (Lipinski definition) is 2. The highest BCUT2D eigenvalue weighted by atomic mass is 35.5. The number of hydrogen-bond acceptors (Lipinski definition) is 13. The highest BCUT2D eigenvalue weighted by Crippen LogP contribution is 2.33. The molecule has 0 atom stereocenters. The smallest absolute Gasteiger partial charge is 0.345 e. The number of nitro groups is 1. The minimum atomic E-state index is -4.34. The molecule has 256 valence electrons. The molecule has 0 aliphatic rings. The molecule has 49 heavy (non-hydrogen) atoms. The van der Waals surface area contributed by atoms with E-state index in [9.17, 15) is 28.1 Å². The zero-order valence-electron chi connectivity index (χ0n) is 25.2. The van der Waals surface area contributed by atoms with E-state index in [0.29, 0.717) is 16.4 Å². The molecule has 0 saturated carbocycles. The van der Waals surface area contributed by atoms with Gasteiger partial charge in [0.25, 0.3) is 15.7 Å². The number of methoxy groups -OCH3 is 3. The van der Waals surface area contributed by atoms with Gasteiger partial charge in [0.2, 0.25) is 17.7 Å². The van der Waals surface area contributed by atoms with E-state index < -0.39 is 26.9 Å². The van der Waals surface area contributed by atoms with Crippen molar-refractivity contribution < 1.29 is 41.9 Å². The van der Waals surface area contributed by atoms with Crippen LogP contribution >= 0.6 is 34.8 Å². The Bertz CT molecular complexity index is 2140. The molecule has 0 saturated heterocycles. The van der Waals surface area contributed by atoms with Crippen LogP contribution < -0.4 is 24.2 Å². The minimum absolute atomic E-state index is 0.116. The maximum absolute atomic E-state index is 12.6. The molecule has 2 amide bonds. The van der Waals surface area contributed by atoms with Crippen molar-refractivity contribution in [3.05, 3.63) is 97.7 Å². The monoisotopic (exact) mass is 753 g/mol. The van der Waals surface area contributed by atoms with Crippen molar-refractivity contribution >= 4 is 74.1 Å². The second kappa shape index (κ2) is 15.6. The van der Waals surface area contributed by atoms with Crippen LogP contribution in [0.25, 0.3) is 5.65 Å². The van der Waals surface area contributed by atoms with E-state index in [-0.39, 0.29) is 49.9 Å². The molecule has 2 aromatic carbocycles. The molecule has 0 unspecified atom stereocenters. The molecule has 5 rings (SSSR count). The molecular weight excluding hydrogens is 733 g/mol. The molecule has 0 fully saturated rings. The quantitative estimate of drug-likeness (QED) is 0.104. The number of benzene rings is 2. The summed E-state index contributed by atoms with van der Waals surface area (Å²) in [5.74, 6) is -0.317. The topological polar surface area (TPSA) is 215 Å². The van der Waals surface area contributed by atoms with Crippen LogP contribution in [0, 0.1) is 10.1 Å². The van der Waals surface area contributed by atoms with E-state index in [1.165, 1.54) is 49.1 Å². The van der Waals surface area contributed by atoms with Gasteiger partial charge in [0.05, 0.1) is 37.3 Å². The number of rotatable bonds is 9. The van der Waals surface area contributed by atoms with Crippen molar-refractivity contribution in [1.82, 2.24) is 24.1 Å². The number of sulfonamides is 1. The molecule has 0 aliphatic carbocycles. The lowest BCUT2D eigenvalue weighted by Gasteiger charge is -2.09. The lowest BCUT2D eigenvalue weighted by molar-refractivity contribution is -0.385. The predicted octanol–water partition coefficient (Wildman–Crippen LogP) is 5.79. The Labute approximate surface area is 291 Å². The van der Waals surface area contributed by atoms with Gasteiger partial charge >= 0.3 is 12.0 Å². The molecule has 21 heteroatoms. The maximum Gasteiger partial charge on any atom is 0.345 e. The first-order chi connectivity index (χ1) is 23.3. The molecule has 17 nitrogen and oxygen atoms in total. The highest BCUT2D eigenvalue weighted by molar-refractivity contribution is 7.90. The standard InChI is InChI=1S/C14H9Cl2NO5.C14H13ClN6O5S/c1-21-14(18)10-7-9(3-4-12(10)17(19)20)22-13-5-2-8(15)6-11(13)16;1-25-9-7-10(26-2)18-13(17-9)19-14(22)20-27(23,24)12-11(15)16-8-5-3-4-6-21(8)12/h2-7H,1H3;3-7H,1-2H3,(H2,17,18,19,20,22). The fourth-order valence-electron chi connectivity index (χ4n) is 3.85. The number of amides is 2. The van der Waals surface area contributed by atoms with Crippen LogP contribution in [0.5, 0.6) is 23.3 Å². The van der Waals surface area contributed by atoms with Crippen LogP contribution in [0.2, 0.25) is 15.2 Å². The van der Waals surface area contributed by atoms with Gasteiger partial charge in [-0.05, 0) is 36.4 Å². The van der Waals surface area contributed by atoms with Gasteiger partial charge < -0.3 is 18.9 Å². The summed E-state index contributed by atoms with van der Waals surface area (Å²) >= 11 is 17.7. The molecular formula is C28H22Cl3N7O10S. The van der Waals surface area contributed by atoms with E-state index >= 15 is 0 Å². The van der Waals surface area contributed by atoms with Crippen LogP contribution in [0.15, 0.2) is 71.9 Å². The molecule has 3 aromatic heterocycles. The van der Waals surface area contributed by atoms with Crippen molar-refractivity contribution in [3.63, 3.8) is 0 Å². The number of carbonyl (C=O) groups excluding carboxylic acids is 2. The van der Waals surface area contributed by atoms with Gasteiger partial charge in [-0.15, -0.1) is 0 Å². The second-order valence-electron chi connectivity index (χ2n) is 9.08. The van der Waals surface area contributed by atoms with Crippen LogP contribution in [-0.4, -0.2) is 66.0 Å². The van der Waals surface area contributed by atoms with E-state index in [2.05, 4.69) is 25.0 Å². The lowest BCUT2D eigenvalue weighted by atomic mass is 10.1. The van der Waals surface area contributed by atoms with Crippen molar-refractivity contribution in [3.8, 4) is 23.3 Å². The Balaban J connectivity index is 0.000000226. The van der Waals surface area contributed by atoms with Crippen molar-refractivity contribution in [2.24, 2.45) is 0 Å². The normalized spacial score (nSPS) is 10.7. The summed E-state index contributed by atoms with van der Waals surface area (Å²) in [6, 6.07) is 13.5. The Morgan fingerprint density at radius 1 is 0.918 bits per heavy atom.